The highest BCUT2D eigenvalue weighted by Crippen LogP contribution is 2.23. The van der Waals surface area contributed by atoms with Crippen LogP contribution in [-0.4, -0.2) is 23.6 Å². The molecule has 0 atom stereocenters. The van der Waals surface area contributed by atoms with Crippen molar-refractivity contribution < 1.29 is 0 Å². The minimum Gasteiger partial charge on any atom is -0.358 e. The van der Waals surface area contributed by atoms with E-state index in [0.717, 1.165) is 13.0 Å². The van der Waals surface area contributed by atoms with Gasteiger partial charge in [0, 0.05) is 18.5 Å². The van der Waals surface area contributed by atoms with Crippen LogP contribution in [0.25, 0.3) is 0 Å². The standard InChI is InChI=1S/C11H14ClN5S/c1-17(5-4-8-3-2-6-18-8)10-9(12)7-14-11(15-10)16-13/h2-3,6-7H,4-5,13H2,1H3,(H,14,15,16). The number of nitrogens with zero attached hydrogens (tertiary/aromatic N) is 3. The summed E-state index contributed by atoms with van der Waals surface area (Å²) in [5, 5.41) is 2.59. The lowest BCUT2D eigenvalue weighted by Crippen LogP contribution is -2.22. The molecular formula is C11H14ClN5S. The summed E-state index contributed by atoms with van der Waals surface area (Å²) in [5.74, 6) is 6.32. The molecule has 2 aromatic rings. The number of aromatic nitrogens is 2. The summed E-state index contributed by atoms with van der Waals surface area (Å²) >= 11 is 7.82. The molecule has 7 heteroatoms. The molecule has 0 aliphatic heterocycles. The van der Waals surface area contributed by atoms with Gasteiger partial charge < -0.3 is 4.90 Å². The smallest absolute Gasteiger partial charge is 0.239 e. The number of nitrogen functional groups attached to an aromatic ring is 1. The Morgan fingerprint density at radius 1 is 1.56 bits per heavy atom. The van der Waals surface area contributed by atoms with Crippen molar-refractivity contribution in [1.29, 1.82) is 0 Å². The first-order chi connectivity index (χ1) is 8.70. The lowest BCUT2D eigenvalue weighted by atomic mass is 10.3. The van der Waals surface area contributed by atoms with Gasteiger partial charge in [0.1, 0.15) is 5.02 Å². The summed E-state index contributed by atoms with van der Waals surface area (Å²) < 4.78 is 0. The van der Waals surface area contributed by atoms with E-state index in [1.54, 1.807) is 17.5 Å². The van der Waals surface area contributed by atoms with Gasteiger partial charge in [-0.2, -0.15) is 4.98 Å². The van der Waals surface area contributed by atoms with Gasteiger partial charge in [-0.25, -0.2) is 10.8 Å². The van der Waals surface area contributed by atoms with Crippen LogP contribution < -0.4 is 16.2 Å². The Balaban J connectivity index is 2.05. The summed E-state index contributed by atoms with van der Waals surface area (Å²) in [6, 6.07) is 4.17. The fourth-order valence-corrected chi connectivity index (χ4v) is 2.47. The van der Waals surface area contributed by atoms with Crippen molar-refractivity contribution in [3.8, 4) is 0 Å². The maximum atomic E-state index is 6.08. The van der Waals surface area contributed by atoms with Gasteiger partial charge in [-0.3, -0.25) is 5.43 Å². The monoisotopic (exact) mass is 283 g/mol. The number of halogens is 1. The highest BCUT2D eigenvalue weighted by molar-refractivity contribution is 7.09. The molecular weight excluding hydrogens is 270 g/mol. The maximum Gasteiger partial charge on any atom is 0.239 e. The predicted molar refractivity (Wildman–Crippen MR) is 76.1 cm³/mol. The molecule has 0 aromatic carbocycles. The summed E-state index contributed by atoms with van der Waals surface area (Å²) in [6.07, 6.45) is 2.50. The third-order valence-electron chi connectivity index (χ3n) is 2.49. The lowest BCUT2D eigenvalue weighted by molar-refractivity contribution is 0.864. The Kier molecular flexibility index (Phi) is 4.35. The highest BCUT2D eigenvalue weighted by Gasteiger charge is 2.10. The summed E-state index contributed by atoms with van der Waals surface area (Å²) in [6.45, 7) is 0.835. The Bertz CT molecular complexity index is 502. The molecule has 2 rings (SSSR count). The lowest BCUT2D eigenvalue weighted by Gasteiger charge is -2.19. The first-order valence-electron chi connectivity index (χ1n) is 5.43. The maximum absolute atomic E-state index is 6.08. The van der Waals surface area contributed by atoms with E-state index < -0.39 is 0 Å². The molecule has 18 heavy (non-hydrogen) atoms. The van der Waals surface area contributed by atoms with E-state index in [4.69, 9.17) is 17.4 Å². The molecule has 0 unspecified atom stereocenters. The molecule has 0 radical (unpaired) electrons. The zero-order valence-corrected chi connectivity index (χ0v) is 11.5. The Labute approximate surface area is 115 Å². The van der Waals surface area contributed by atoms with Gasteiger partial charge >= 0.3 is 0 Å². The molecule has 0 fully saturated rings. The van der Waals surface area contributed by atoms with Crippen molar-refractivity contribution in [3.05, 3.63) is 33.6 Å². The fourth-order valence-electron chi connectivity index (χ4n) is 1.53. The number of hydrogen-bond donors (Lipinski definition) is 2. The molecule has 96 valence electrons. The van der Waals surface area contributed by atoms with Gasteiger partial charge in [0.2, 0.25) is 5.95 Å². The van der Waals surface area contributed by atoms with Gasteiger partial charge in [-0.1, -0.05) is 17.7 Å². The van der Waals surface area contributed by atoms with Gasteiger partial charge in [-0.05, 0) is 17.9 Å². The molecule has 0 saturated heterocycles. The number of hydrazine groups is 1. The quantitative estimate of drug-likeness (QED) is 0.650. The van der Waals surface area contributed by atoms with Gasteiger partial charge in [0.15, 0.2) is 5.82 Å². The van der Waals surface area contributed by atoms with E-state index in [0.29, 0.717) is 16.8 Å². The minimum atomic E-state index is 0.359. The normalized spacial score (nSPS) is 10.4. The highest BCUT2D eigenvalue weighted by atomic mass is 35.5. The van der Waals surface area contributed by atoms with Crippen LogP contribution in [0.2, 0.25) is 5.02 Å². The first kappa shape index (κ1) is 13.1. The average Bonchev–Trinajstić information content (AvgIpc) is 2.89. The second-order valence-corrected chi connectivity index (χ2v) is 5.20. The molecule has 0 amide bonds. The van der Waals surface area contributed by atoms with Crippen molar-refractivity contribution in [2.45, 2.75) is 6.42 Å². The van der Waals surface area contributed by atoms with Crippen molar-refractivity contribution in [1.82, 2.24) is 9.97 Å². The van der Waals surface area contributed by atoms with E-state index in [2.05, 4.69) is 26.8 Å². The summed E-state index contributed by atoms with van der Waals surface area (Å²) in [7, 11) is 1.95. The molecule has 0 bridgehead atoms. The van der Waals surface area contributed by atoms with Gasteiger partial charge in [0.05, 0.1) is 6.20 Å². The minimum absolute atomic E-state index is 0.359. The van der Waals surface area contributed by atoms with Crippen molar-refractivity contribution >= 4 is 34.7 Å². The van der Waals surface area contributed by atoms with Crippen molar-refractivity contribution in [2.24, 2.45) is 5.84 Å². The molecule has 2 aromatic heterocycles. The zero-order chi connectivity index (χ0) is 13.0. The van der Waals surface area contributed by atoms with Crippen LogP contribution in [0.1, 0.15) is 4.88 Å². The molecule has 3 N–H and O–H groups in total. The van der Waals surface area contributed by atoms with Gasteiger partial charge in [0.25, 0.3) is 0 Å². The van der Waals surface area contributed by atoms with Crippen molar-refractivity contribution in [2.75, 3.05) is 23.9 Å². The molecule has 0 aliphatic rings. The predicted octanol–water partition coefficient (Wildman–Crippen LogP) is 2.16. The van der Waals surface area contributed by atoms with Crippen LogP contribution in [0.3, 0.4) is 0 Å². The molecule has 0 saturated carbocycles. The topological polar surface area (TPSA) is 67.1 Å². The number of anilines is 2. The number of nitrogens with one attached hydrogen (secondary N) is 1. The second kappa shape index (κ2) is 5.99. The zero-order valence-electron chi connectivity index (χ0n) is 9.93. The number of rotatable bonds is 5. The fraction of sp³-hybridized carbons (Fsp3) is 0.273. The molecule has 5 nitrogen and oxygen atoms in total. The van der Waals surface area contributed by atoms with Crippen LogP contribution in [0, 0.1) is 0 Å². The van der Waals surface area contributed by atoms with Crippen LogP contribution in [0.5, 0.6) is 0 Å². The Morgan fingerprint density at radius 2 is 2.39 bits per heavy atom. The van der Waals surface area contributed by atoms with E-state index in [1.807, 2.05) is 18.0 Å². The third-order valence-corrected chi connectivity index (χ3v) is 3.69. The van der Waals surface area contributed by atoms with E-state index in [-0.39, 0.29) is 0 Å². The van der Waals surface area contributed by atoms with Crippen LogP contribution in [0.4, 0.5) is 11.8 Å². The van der Waals surface area contributed by atoms with E-state index in [9.17, 15) is 0 Å². The summed E-state index contributed by atoms with van der Waals surface area (Å²) in [5.41, 5.74) is 2.41. The first-order valence-corrected chi connectivity index (χ1v) is 6.69. The summed E-state index contributed by atoms with van der Waals surface area (Å²) in [4.78, 5) is 11.5. The number of nitrogens with two attached hydrogens (primary N) is 1. The van der Waals surface area contributed by atoms with Crippen LogP contribution >= 0.6 is 22.9 Å². The Morgan fingerprint density at radius 3 is 3.06 bits per heavy atom. The van der Waals surface area contributed by atoms with E-state index in [1.165, 1.54) is 4.88 Å². The van der Waals surface area contributed by atoms with Crippen LogP contribution in [-0.2, 0) is 6.42 Å². The largest absolute Gasteiger partial charge is 0.358 e. The number of likely N-dealkylation sites (N-methyl/N-ethyl adjacent to an activating group) is 1. The molecule has 2 heterocycles. The van der Waals surface area contributed by atoms with Crippen LogP contribution in [0.15, 0.2) is 23.7 Å². The molecule has 0 aliphatic carbocycles. The molecule has 0 spiro atoms. The third kappa shape index (κ3) is 3.10. The van der Waals surface area contributed by atoms with Crippen molar-refractivity contribution in [3.63, 3.8) is 0 Å². The van der Waals surface area contributed by atoms with E-state index >= 15 is 0 Å². The SMILES string of the molecule is CN(CCc1cccs1)c1nc(NN)ncc1Cl. The Hall–Kier alpha value is -1.37. The second-order valence-electron chi connectivity index (χ2n) is 3.76. The number of hydrogen-bond acceptors (Lipinski definition) is 6. The average molecular weight is 284 g/mol. The number of thiophene rings is 1. The van der Waals surface area contributed by atoms with Gasteiger partial charge in [-0.15, -0.1) is 11.3 Å².